The van der Waals surface area contributed by atoms with Gasteiger partial charge in [0.1, 0.15) is 0 Å². The summed E-state index contributed by atoms with van der Waals surface area (Å²) in [5.74, 6) is 0.887. The van der Waals surface area contributed by atoms with Crippen molar-refractivity contribution in [2.24, 2.45) is 5.41 Å². The van der Waals surface area contributed by atoms with Crippen LogP contribution in [0, 0.1) is 5.41 Å². The molecule has 2 aliphatic carbocycles. The molecule has 1 aromatic carbocycles. The molecule has 1 atom stereocenters. The molecule has 2 fully saturated rings. The first kappa shape index (κ1) is 8.52. The zero-order valence-corrected chi connectivity index (χ0v) is 8.71. The third-order valence-electron chi connectivity index (χ3n) is 4.25. The van der Waals surface area contributed by atoms with Crippen LogP contribution in [-0.4, -0.2) is 0 Å². The summed E-state index contributed by atoms with van der Waals surface area (Å²) < 4.78 is 0. The predicted molar refractivity (Wildman–Crippen MR) is 59.3 cm³/mol. The summed E-state index contributed by atoms with van der Waals surface area (Å²) in [6.07, 6.45) is 8.83. The highest BCUT2D eigenvalue weighted by atomic mass is 14.5. The summed E-state index contributed by atoms with van der Waals surface area (Å²) in [5, 5.41) is 0. The fourth-order valence-electron chi connectivity index (χ4n) is 3.27. The maximum absolute atomic E-state index is 2.33. The van der Waals surface area contributed by atoms with Gasteiger partial charge in [-0.2, -0.15) is 0 Å². The average Bonchev–Trinajstić information content (AvgIpc) is 3.01. The number of hydrogen-bond donors (Lipinski definition) is 0. The van der Waals surface area contributed by atoms with E-state index in [1.165, 1.54) is 38.5 Å². The normalized spacial score (nSPS) is 29.0. The number of rotatable bonds is 1. The van der Waals surface area contributed by atoms with Crippen LogP contribution >= 0.6 is 0 Å². The lowest BCUT2D eigenvalue weighted by Crippen LogP contribution is -2.18. The molecule has 0 aromatic heterocycles. The minimum absolute atomic E-state index is 0.750. The average molecular weight is 186 g/mol. The van der Waals surface area contributed by atoms with Crippen molar-refractivity contribution < 1.29 is 0 Å². The van der Waals surface area contributed by atoms with E-state index < -0.39 is 0 Å². The summed E-state index contributed by atoms with van der Waals surface area (Å²) in [7, 11) is 0. The highest BCUT2D eigenvalue weighted by Gasteiger charge is 2.50. The van der Waals surface area contributed by atoms with Gasteiger partial charge in [-0.05, 0) is 42.6 Å². The van der Waals surface area contributed by atoms with E-state index in [0.29, 0.717) is 0 Å². The standard InChI is InChI=1S/C14H18/c1-2-6-12(7-3-1)13-8-4-5-9-14(13)10-11-14/h1-3,6-7,13H,4-5,8-11H2. The fourth-order valence-corrected chi connectivity index (χ4v) is 3.27. The Hall–Kier alpha value is -0.780. The number of hydrogen-bond acceptors (Lipinski definition) is 0. The molecule has 0 N–H and O–H groups in total. The molecular formula is C14H18. The van der Waals surface area contributed by atoms with Crippen molar-refractivity contribution >= 4 is 0 Å². The Balaban J connectivity index is 1.90. The van der Waals surface area contributed by atoms with E-state index in [4.69, 9.17) is 0 Å². The first-order chi connectivity index (χ1) is 6.91. The zero-order valence-electron chi connectivity index (χ0n) is 8.71. The second kappa shape index (κ2) is 3.12. The summed E-state index contributed by atoms with van der Waals surface area (Å²) >= 11 is 0. The lowest BCUT2D eigenvalue weighted by atomic mass is 9.73. The van der Waals surface area contributed by atoms with Gasteiger partial charge in [-0.1, -0.05) is 43.2 Å². The van der Waals surface area contributed by atoms with Crippen LogP contribution in [0.3, 0.4) is 0 Å². The van der Waals surface area contributed by atoms with Crippen molar-refractivity contribution in [3.8, 4) is 0 Å². The molecule has 3 rings (SSSR count). The van der Waals surface area contributed by atoms with Gasteiger partial charge in [0.05, 0.1) is 0 Å². The maximum atomic E-state index is 2.33. The highest BCUT2D eigenvalue weighted by molar-refractivity contribution is 5.25. The van der Waals surface area contributed by atoms with E-state index in [1.54, 1.807) is 5.56 Å². The van der Waals surface area contributed by atoms with Crippen LogP contribution in [0.2, 0.25) is 0 Å². The zero-order chi connectivity index (χ0) is 9.43. The van der Waals surface area contributed by atoms with Gasteiger partial charge < -0.3 is 0 Å². The van der Waals surface area contributed by atoms with Gasteiger partial charge >= 0.3 is 0 Å². The van der Waals surface area contributed by atoms with Crippen molar-refractivity contribution in [3.05, 3.63) is 35.9 Å². The van der Waals surface area contributed by atoms with Gasteiger partial charge in [0.25, 0.3) is 0 Å². The second-order valence-corrected chi connectivity index (χ2v) is 5.07. The van der Waals surface area contributed by atoms with Crippen molar-refractivity contribution in [1.82, 2.24) is 0 Å². The third-order valence-corrected chi connectivity index (χ3v) is 4.25. The number of benzene rings is 1. The van der Waals surface area contributed by atoms with Crippen molar-refractivity contribution in [1.29, 1.82) is 0 Å². The fraction of sp³-hybridized carbons (Fsp3) is 0.571. The molecule has 1 spiro atoms. The van der Waals surface area contributed by atoms with Gasteiger partial charge in [-0.3, -0.25) is 0 Å². The van der Waals surface area contributed by atoms with Crippen molar-refractivity contribution in [3.63, 3.8) is 0 Å². The van der Waals surface area contributed by atoms with E-state index in [0.717, 1.165) is 11.3 Å². The lowest BCUT2D eigenvalue weighted by molar-refractivity contribution is 0.284. The topological polar surface area (TPSA) is 0 Å². The van der Waals surface area contributed by atoms with Gasteiger partial charge in [0.15, 0.2) is 0 Å². The molecule has 1 aromatic rings. The monoisotopic (exact) mass is 186 g/mol. The predicted octanol–water partition coefficient (Wildman–Crippen LogP) is 4.12. The Labute approximate surface area is 86.3 Å². The first-order valence-electron chi connectivity index (χ1n) is 5.96. The molecule has 0 bridgehead atoms. The van der Waals surface area contributed by atoms with E-state index in [1.807, 2.05) is 0 Å². The van der Waals surface area contributed by atoms with Crippen LogP contribution in [-0.2, 0) is 0 Å². The van der Waals surface area contributed by atoms with E-state index >= 15 is 0 Å². The minimum Gasteiger partial charge on any atom is -0.0622 e. The molecule has 1 unspecified atom stereocenters. The highest BCUT2D eigenvalue weighted by Crippen LogP contribution is 2.63. The van der Waals surface area contributed by atoms with E-state index in [-0.39, 0.29) is 0 Å². The molecule has 74 valence electrons. The molecule has 0 heteroatoms. The Bertz CT molecular complexity index is 308. The minimum atomic E-state index is 0.750. The summed E-state index contributed by atoms with van der Waals surface area (Å²) in [6.45, 7) is 0. The quantitative estimate of drug-likeness (QED) is 0.618. The van der Waals surface area contributed by atoms with Crippen LogP contribution < -0.4 is 0 Å². The van der Waals surface area contributed by atoms with E-state index in [2.05, 4.69) is 30.3 Å². The molecule has 0 heterocycles. The maximum Gasteiger partial charge on any atom is -0.0105 e. The molecule has 0 radical (unpaired) electrons. The molecular weight excluding hydrogens is 168 g/mol. The Morgan fingerprint density at radius 1 is 0.929 bits per heavy atom. The third kappa shape index (κ3) is 1.28. The Morgan fingerprint density at radius 3 is 2.43 bits per heavy atom. The smallest absolute Gasteiger partial charge is 0.0105 e. The van der Waals surface area contributed by atoms with Crippen LogP contribution in [0.5, 0.6) is 0 Å². The van der Waals surface area contributed by atoms with Gasteiger partial charge in [0.2, 0.25) is 0 Å². The summed E-state index contributed by atoms with van der Waals surface area (Å²) in [4.78, 5) is 0. The Morgan fingerprint density at radius 2 is 1.71 bits per heavy atom. The molecule has 2 saturated carbocycles. The second-order valence-electron chi connectivity index (χ2n) is 5.07. The van der Waals surface area contributed by atoms with Crippen molar-refractivity contribution in [2.45, 2.75) is 44.4 Å². The molecule has 14 heavy (non-hydrogen) atoms. The largest absolute Gasteiger partial charge is 0.0622 e. The SMILES string of the molecule is c1ccc(C2CCCCC23CC3)cc1. The van der Waals surface area contributed by atoms with Crippen LogP contribution in [0.25, 0.3) is 0 Å². The summed E-state index contributed by atoms with van der Waals surface area (Å²) in [5.41, 5.74) is 2.35. The van der Waals surface area contributed by atoms with Crippen LogP contribution in [0.15, 0.2) is 30.3 Å². The molecule has 0 aliphatic heterocycles. The van der Waals surface area contributed by atoms with Gasteiger partial charge in [0, 0.05) is 0 Å². The van der Waals surface area contributed by atoms with Crippen LogP contribution in [0.1, 0.15) is 50.0 Å². The van der Waals surface area contributed by atoms with Gasteiger partial charge in [-0.15, -0.1) is 0 Å². The van der Waals surface area contributed by atoms with E-state index in [9.17, 15) is 0 Å². The van der Waals surface area contributed by atoms with Crippen LogP contribution in [0.4, 0.5) is 0 Å². The molecule has 2 aliphatic rings. The first-order valence-corrected chi connectivity index (χ1v) is 5.96. The molecule has 0 saturated heterocycles. The lowest BCUT2D eigenvalue weighted by Gasteiger charge is -2.32. The summed E-state index contributed by atoms with van der Waals surface area (Å²) in [6, 6.07) is 11.2. The Kier molecular flexibility index (Phi) is 1.90. The molecule has 0 nitrogen and oxygen atoms in total. The molecule has 0 amide bonds. The van der Waals surface area contributed by atoms with Crippen molar-refractivity contribution in [2.75, 3.05) is 0 Å². The van der Waals surface area contributed by atoms with Gasteiger partial charge in [-0.25, -0.2) is 0 Å².